The number of carbonyl (C=O) groups is 1. The summed E-state index contributed by atoms with van der Waals surface area (Å²) in [5, 5.41) is 6.04. The minimum absolute atomic E-state index is 0.0685. The lowest BCUT2D eigenvalue weighted by Gasteiger charge is -2.26. The number of rotatable bonds is 5. The van der Waals surface area contributed by atoms with Crippen LogP contribution in [0.5, 0.6) is 5.75 Å². The van der Waals surface area contributed by atoms with Crippen molar-refractivity contribution in [3.63, 3.8) is 0 Å². The molecule has 2 rings (SSSR count). The van der Waals surface area contributed by atoms with Crippen LogP contribution >= 0.6 is 0 Å². The van der Waals surface area contributed by atoms with Gasteiger partial charge in [0.1, 0.15) is 5.75 Å². The Bertz CT molecular complexity index is 428. The maximum absolute atomic E-state index is 11.9. The molecule has 1 saturated heterocycles. The Hall–Kier alpha value is -1.55. The summed E-state index contributed by atoms with van der Waals surface area (Å²) in [4.78, 5) is 11.9. The van der Waals surface area contributed by atoms with Gasteiger partial charge in [-0.1, -0.05) is 13.0 Å². The first-order chi connectivity index (χ1) is 8.70. The highest BCUT2D eigenvalue weighted by Gasteiger charge is 2.25. The Morgan fingerprint density at radius 3 is 2.89 bits per heavy atom. The van der Waals surface area contributed by atoms with E-state index in [1.54, 1.807) is 0 Å². The summed E-state index contributed by atoms with van der Waals surface area (Å²) < 4.78 is 5.67. The monoisotopic (exact) mass is 248 g/mol. The van der Waals surface area contributed by atoms with Crippen LogP contribution in [0.2, 0.25) is 0 Å². The number of nitrogens with one attached hydrogen (secondary N) is 2. The van der Waals surface area contributed by atoms with Crippen LogP contribution < -0.4 is 15.4 Å². The highest BCUT2D eigenvalue weighted by Crippen LogP contribution is 2.26. The molecule has 2 N–H and O–H groups in total. The van der Waals surface area contributed by atoms with Crippen molar-refractivity contribution in [3.8, 4) is 5.75 Å². The second-order valence-electron chi connectivity index (χ2n) is 4.69. The fraction of sp³-hybridized carbons (Fsp3) is 0.500. The van der Waals surface area contributed by atoms with Gasteiger partial charge in [-0.3, -0.25) is 4.79 Å². The summed E-state index contributed by atoms with van der Waals surface area (Å²) in [5.41, 5.74) is 1.90. The number of carbonyl (C=O) groups excluding carboxylic acids is 1. The number of hydrogen-bond donors (Lipinski definition) is 2. The molecule has 4 heteroatoms. The molecule has 0 spiro atoms. The lowest BCUT2D eigenvalue weighted by molar-refractivity contribution is -0.121. The quantitative estimate of drug-likeness (QED) is 0.837. The standard InChI is InChI=1S/C14H20N2O2/c1-3-6-18-13-7-10(2)4-5-12(13)16-14(17)11-8-15-9-11/h4-5,7,11,15H,3,6,8-9H2,1-2H3,(H,16,17). The number of anilines is 1. The Morgan fingerprint density at radius 1 is 1.50 bits per heavy atom. The van der Waals surface area contributed by atoms with E-state index in [2.05, 4.69) is 17.6 Å². The van der Waals surface area contributed by atoms with Gasteiger partial charge in [-0.2, -0.15) is 0 Å². The SMILES string of the molecule is CCCOc1cc(C)ccc1NC(=O)C1CNC1. The Labute approximate surface area is 108 Å². The molecular formula is C14H20N2O2. The van der Waals surface area contributed by atoms with Gasteiger partial charge >= 0.3 is 0 Å². The van der Waals surface area contributed by atoms with E-state index >= 15 is 0 Å². The van der Waals surface area contributed by atoms with Crippen molar-refractivity contribution in [1.82, 2.24) is 5.32 Å². The Balaban J connectivity index is 2.07. The van der Waals surface area contributed by atoms with Crippen LogP contribution in [0, 0.1) is 12.8 Å². The zero-order chi connectivity index (χ0) is 13.0. The van der Waals surface area contributed by atoms with Crippen molar-refractivity contribution in [3.05, 3.63) is 23.8 Å². The molecule has 0 aliphatic carbocycles. The molecule has 0 radical (unpaired) electrons. The third-order valence-corrected chi connectivity index (χ3v) is 3.01. The van der Waals surface area contributed by atoms with Crippen molar-refractivity contribution in [2.24, 2.45) is 5.92 Å². The van der Waals surface area contributed by atoms with E-state index < -0.39 is 0 Å². The molecule has 0 atom stereocenters. The molecule has 1 aliphatic heterocycles. The number of hydrogen-bond acceptors (Lipinski definition) is 3. The van der Waals surface area contributed by atoms with Crippen LogP contribution in [0.15, 0.2) is 18.2 Å². The third kappa shape index (κ3) is 3.01. The van der Waals surface area contributed by atoms with E-state index in [9.17, 15) is 4.79 Å². The Morgan fingerprint density at radius 2 is 2.28 bits per heavy atom. The summed E-state index contributed by atoms with van der Waals surface area (Å²) in [6.45, 7) is 6.28. The van der Waals surface area contributed by atoms with Crippen LogP contribution in [0.25, 0.3) is 0 Å². The number of ether oxygens (including phenoxy) is 1. The summed E-state index contributed by atoms with van der Waals surface area (Å²) in [5.74, 6) is 0.918. The zero-order valence-corrected chi connectivity index (χ0v) is 11.0. The molecule has 4 nitrogen and oxygen atoms in total. The Kier molecular flexibility index (Phi) is 4.20. The molecule has 1 aromatic rings. The first-order valence-electron chi connectivity index (χ1n) is 6.45. The predicted molar refractivity (Wildman–Crippen MR) is 72.0 cm³/mol. The number of aryl methyl sites for hydroxylation is 1. The van der Waals surface area contributed by atoms with Gasteiger partial charge in [0, 0.05) is 13.1 Å². The predicted octanol–water partition coefficient (Wildman–Crippen LogP) is 1.94. The highest BCUT2D eigenvalue weighted by molar-refractivity contribution is 5.94. The number of benzene rings is 1. The first-order valence-corrected chi connectivity index (χ1v) is 6.45. The van der Waals surface area contributed by atoms with Crippen LogP contribution in [0.4, 0.5) is 5.69 Å². The zero-order valence-electron chi connectivity index (χ0n) is 11.0. The molecule has 0 aromatic heterocycles. The minimum Gasteiger partial charge on any atom is -0.491 e. The molecule has 1 aromatic carbocycles. The summed E-state index contributed by atoms with van der Waals surface area (Å²) in [6.07, 6.45) is 0.952. The van der Waals surface area contributed by atoms with Gasteiger partial charge in [0.15, 0.2) is 0 Å². The third-order valence-electron chi connectivity index (χ3n) is 3.01. The van der Waals surface area contributed by atoms with Gasteiger partial charge in [-0.15, -0.1) is 0 Å². The van der Waals surface area contributed by atoms with Crippen LogP contribution in [-0.2, 0) is 4.79 Å². The average molecular weight is 248 g/mol. The summed E-state index contributed by atoms with van der Waals surface area (Å²) in [6, 6.07) is 5.85. The maximum Gasteiger partial charge on any atom is 0.230 e. The first kappa shape index (κ1) is 12.9. The lowest BCUT2D eigenvalue weighted by Crippen LogP contribution is -2.48. The van der Waals surface area contributed by atoms with E-state index in [4.69, 9.17) is 4.74 Å². The molecular weight excluding hydrogens is 228 g/mol. The molecule has 1 amide bonds. The van der Waals surface area contributed by atoms with Gasteiger partial charge in [0.05, 0.1) is 18.2 Å². The van der Waals surface area contributed by atoms with Gasteiger partial charge in [0.25, 0.3) is 0 Å². The second kappa shape index (κ2) is 5.87. The fourth-order valence-corrected chi connectivity index (χ4v) is 1.77. The van der Waals surface area contributed by atoms with Crippen molar-refractivity contribution >= 4 is 11.6 Å². The number of amides is 1. The smallest absolute Gasteiger partial charge is 0.230 e. The lowest BCUT2D eigenvalue weighted by atomic mass is 10.0. The van der Waals surface area contributed by atoms with Crippen LogP contribution in [-0.4, -0.2) is 25.6 Å². The average Bonchev–Trinajstić information content (AvgIpc) is 2.27. The molecule has 98 valence electrons. The minimum atomic E-state index is 0.0685. The van der Waals surface area contributed by atoms with E-state index in [1.165, 1.54) is 0 Å². The fourth-order valence-electron chi connectivity index (χ4n) is 1.77. The molecule has 1 aliphatic rings. The molecule has 1 heterocycles. The van der Waals surface area contributed by atoms with Crippen LogP contribution in [0.1, 0.15) is 18.9 Å². The van der Waals surface area contributed by atoms with E-state index in [-0.39, 0.29) is 11.8 Å². The van der Waals surface area contributed by atoms with Crippen molar-refractivity contribution in [2.45, 2.75) is 20.3 Å². The molecule has 18 heavy (non-hydrogen) atoms. The second-order valence-corrected chi connectivity index (χ2v) is 4.69. The van der Waals surface area contributed by atoms with E-state index in [1.807, 2.05) is 25.1 Å². The molecule has 0 unspecified atom stereocenters. The molecule has 0 bridgehead atoms. The van der Waals surface area contributed by atoms with Crippen molar-refractivity contribution in [1.29, 1.82) is 0 Å². The van der Waals surface area contributed by atoms with Crippen molar-refractivity contribution < 1.29 is 9.53 Å². The van der Waals surface area contributed by atoms with Gasteiger partial charge < -0.3 is 15.4 Å². The highest BCUT2D eigenvalue weighted by atomic mass is 16.5. The van der Waals surface area contributed by atoms with Crippen LogP contribution in [0.3, 0.4) is 0 Å². The van der Waals surface area contributed by atoms with Gasteiger partial charge in [0.2, 0.25) is 5.91 Å². The normalized spacial score (nSPS) is 15.0. The van der Waals surface area contributed by atoms with Gasteiger partial charge in [-0.25, -0.2) is 0 Å². The largest absolute Gasteiger partial charge is 0.491 e. The topological polar surface area (TPSA) is 50.4 Å². The summed E-state index contributed by atoms with van der Waals surface area (Å²) in [7, 11) is 0. The van der Waals surface area contributed by atoms with E-state index in [0.29, 0.717) is 6.61 Å². The maximum atomic E-state index is 11.9. The molecule has 1 fully saturated rings. The molecule has 0 saturated carbocycles. The summed E-state index contributed by atoms with van der Waals surface area (Å²) >= 11 is 0. The van der Waals surface area contributed by atoms with Crippen molar-refractivity contribution in [2.75, 3.05) is 25.0 Å². The van der Waals surface area contributed by atoms with Gasteiger partial charge in [-0.05, 0) is 31.0 Å². The van der Waals surface area contributed by atoms with E-state index in [0.717, 1.165) is 36.5 Å².